The van der Waals surface area contributed by atoms with Gasteiger partial charge in [0.1, 0.15) is 0 Å². The van der Waals surface area contributed by atoms with Crippen molar-refractivity contribution in [2.24, 2.45) is 0 Å². The summed E-state index contributed by atoms with van der Waals surface area (Å²) in [5, 5.41) is 3.46. The molecule has 1 unspecified atom stereocenters. The zero-order chi connectivity index (χ0) is 11.8. The molecule has 0 bridgehead atoms. The molecule has 0 amide bonds. The first-order chi connectivity index (χ1) is 8.24. The van der Waals surface area contributed by atoms with E-state index in [4.69, 9.17) is 11.6 Å². The van der Waals surface area contributed by atoms with Crippen molar-refractivity contribution in [3.05, 3.63) is 55.1 Å². The Labute approximate surface area is 118 Å². The van der Waals surface area contributed by atoms with E-state index in [0.29, 0.717) is 5.92 Å². The van der Waals surface area contributed by atoms with Crippen molar-refractivity contribution >= 4 is 38.9 Å². The van der Waals surface area contributed by atoms with E-state index in [0.717, 1.165) is 21.9 Å². The molecule has 2 heterocycles. The van der Waals surface area contributed by atoms with Gasteiger partial charge in [-0.3, -0.25) is 0 Å². The third kappa shape index (κ3) is 2.29. The second kappa shape index (κ2) is 4.73. The van der Waals surface area contributed by atoms with Crippen LogP contribution in [0, 0.1) is 0 Å². The van der Waals surface area contributed by atoms with Crippen molar-refractivity contribution in [3.8, 4) is 0 Å². The van der Waals surface area contributed by atoms with Crippen molar-refractivity contribution in [2.45, 2.75) is 12.5 Å². The van der Waals surface area contributed by atoms with Crippen LogP contribution in [0.2, 0.25) is 4.34 Å². The zero-order valence-electron chi connectivity index (χ0n) is 9.04. The Morgan fingerprint density at radius 3 is 2.82 bits per heavy atom. The predicted molar refractivity (Wildman–Crippen MR) is 77.0 cm³/mol. The Bertz CT molecular complexity index is 535. The smallest absolute Gasteiger partial charge is 0.0934 e. The first-order valence-electron chi connectivity index (χ1n) is 5.48. The summed E-state index contributed by atoms with van der Waals surface area (Å²) >= 11 is 11.3. The fourth-order valence-corrected chi connectivity index (χ4v) is 3.85. The molecular formula is C13H11BrClNS. The Morgan fingerprint density at radius 1 is 1.29 bits per heavy atom. The minimum absolute atomic E-state index is 0.426. The topological polar surface area (TPSA) is 12.0 Å². The van der Waals surface area contributed by atoms with E-state index in [1.807, 2.05) is 0 Å². The monoisotopic (exact) mass is 327 g/mol. The summed E-state index contributed by atoms with van der Waals surface area (Å²) in [4.78, 5) is 1.37. The summed E-state index contributed by atoms with van der Waals surface area (Å²) in [5.41, 5.74) is 2.73. The molecule has 17 heavy (non-hydrogen) atoms. The molecule has 88 valence electrons. The Balaban J connectivity index is 2.02. The van der Waals surface area contributed by atoms with Crippen molar-refractivity contribution in [3.63, 3.8) is 0 Å². The number of halogens is 2. The molecule has 0 spiro atoms. The number of hydrogen-bond donors (Lipinski definition) is 1. The van der Waals surface area contributed by atoms with Crippen LogP contribution in [-0.4, -0.2) is 6.54 Å². The Hall–Kier alpha value is -0.350. The first kappa shape index (κ1) is 11.7. The minimum atomic E-state index is 0.426. The number of rotatable bonds is 1. The highest BCUT2D eigenvalue weighted by atomic mass is 79.9. The van der Waals surface area contributed by atoms with Crippen LogP contribution in [0.5, 0.6) is 0 Å². The summed E-state index contributed by atoms with van der Waals surface area (Å²) in [5.74, 6) is 0.426. The molecule has 1 aromatic carbocycles. The van der Waals surface area contributed by atoms with Crippen LogP contribution in [0.15, 0.2) is 34.8 Å². The second-order valence-electron chi connectivity index (χ2n) is 4.16. The minimum Gasteiger partial charge on any atom is -0.311 e. The Morgan fingerprint density at radius 2 is 2.06 bits per heavy atom. The number of thiophene rings is 1. The summed E-state index contributed by atoms with van der Waals surface area (Å²) < 4.78 is 2.01. The van der Waals surface area contributed by atoms with Gasteiger partial charge in [0.25, 0.3) is 0 Å². The molecule has 0 fully saturated rings. The van der Waals surface area contributed by atoms with Gasteiger partial charge in [0.05, 0.1) is 4.34 Å². The Kier molecular flexibility index (Phi) is 3.26. The van der Waals surface area contributed by atoms with Gasteiger partial charge in [-0.2, -0.15) is 0 Å². The van der Waals surface area contributed by atoms with Crippen molar-refractivity contribution < 1.29 is 0 Å². The van der Waals surface area contributed by atoms with Gasteiger partial charge >= 0.3 is 0 Å². The van der Waals surface area contributed by atoms with Crippen LogP contribution in [0.25, 0.3) is 0 Å². The van der Waals surface area contributed by atoms with Crippen LogP contribution in [-0.2, 0) is 6.54 Å². The molecule has 3 rings (SSSR count). The highest BCUT2D eigenvalue weighted by Crippen LogP contribution is 2.37. The van der Waals surface area contributed by atoms with Gasteiger partial charge in [-0.15, -0.1) is 11.3 Å². The third-order valence-corrected chi connectivity index (χ3v) is 4.90. The van der Waals surface area contributed by atoms with Crippen LogP contribution in [0.4, 0.5) is 0 Å². The van der Waals surface area contributed by atoms with Crippen LogP contribution in [0.1, 0.15) is 21.9 Å². The molecule has 0 saturated heterocycles. The quantitative estimate of drug-likeness (QED) is 0.818. The van der Waals surface area contributed by atoms with E-state index < -0.39 is 0 Å². The number of fused-ring (bicyclic) bond motifs is 1. The maximum Gasteiger partial charge on any atom is 0.0934 e. The number of hydrogen-bond acceptors (Lipinski definition) is 2. The average molecular weight is 329 g/mol. The standard InChI is InChI=1S/C13H11BrClNS/c14-9-3-1-8(2-4-9)11-6-16-7-12-10(11)5-13(15)17-12/h1-5,11,16H,6-7H2. The summed E-state index contributed by atoms with van der Waals surface area (Å²) in [6.45, 7) is 1.93. The summed E-state index contributed by atoms with van der Waals surface area (Å²) in [7, 11) is 0. The molecule has 1 nitrogen and oxygen atoms in total. The van der Waals surface area contributed by atoms with Crippen LogP contribution < -0.4 is 5.32 Å². The molecule has 1 atom stereocenters. The van der Waals surface area contributed by atoms with E-state index in [2.05, 4.69) is 51.6 Å². The van der Waals surface area contributed by atoms with Crippen molar-refractivity contribution in [1.82, 2.24) is 5.32 Å². The van der Waals surface area contributed by atoms with Crippen LogP contribution >= 0.6 is 38.9 Å². The van der Waals surface area contributed by atoms with Crippen molar-refractivity contribution in [2.75, 3.05) is 6.54 Å². The number of nitrogens with one attached hydrogen (secondary N) is 1. The van der Waals surface area contributed by atoms with Crippen molar-refractivity contribution in [1.29, 1.82) is 0 Å². The van der Waals surface area contributed by atoms with Crippen LogP contribution in [0.3, 0.4) is 0 Å². The van der Waals surface area contributed by atoms with E-state index in [1.165, 1.54) is 16.0 Å². The van der Waals surface area contributed by atoms with Gasteiger partial charge in [-0.1, -0.05) is 39.7 Å². The highest BCUT2D eigenvalue weighted by Gasteiger charge is 2.23. The van der Waals surface area contributed by atoms with Gasteiger partial charge in [0, 0.05) is 28.4 Å². The van der Waals surface area contributed by atoms with Gasteiger partial charge in [0.15, 0.2) is 0 Å². The summed E-state index contributed by atoms with van der Waals surface area (Å²) in [6, 6.07) is 10.7. The average Bonchev–Trinajstić information content (AvgIpc) is 2.70. The predicted octanol–water partition coefficient (Wildman–Crippen LogP) is 4.40. The maximum atomic E-state index is 6.11. The molecule has 4 heteroatoms. The van der Waals surface area contributed by atoms with E-state index in [1.54, 1.807) is 11.3 Å². The fourth-order valence-electron chi connectivity index (χ4n) is 2.27. The van der Waals surface area contributed by atoms with Gasteiger partial charge in [0.2, 0.25) is 0 Å². The molecule has 1 aliphatic heterocycles. The normalized spacial score (nSPS) is 19.1. The fraction of sp³-hybridized carbons (Fsp3) is 0.231. The lowest BCUT2D eigenvalue weighted by Crippen LogP contribution is -2.27. The molecular weight excluding hydrogens is 318 g/mol. The molecule has 1 N–H and O–H groups in total. The first-order valence-corrected chi connectivity index (χ1v) is 7.47. The molecule has 1 aromatic heterocycles. The SMILES string of the molecule is Clc1cc2c(s1)CNCC2c1ccc(Br)cc1. The molecule has 2 aromatic rings. The second-order valence-corrected chi connectivity index (χ2v) is 6.85. The van der Waals surface area contributed by atoms with Gasteiger partial charge in [-0.05, 0) is 29.3 Å². The lowest BCUT2D eigenvalue weighted by molar-refractivity contribution is 0.600. The summed E-state index contributed by atoms with van der Waals surface area (Å²) in [6.07, 6.45) is 0. The third-order valence-electron chi connectivity index (χ3n) is 3.09. The molecule has 0 aliphatic carbocycles. The lowest BCUT2D eigenvalue weighted by atomic mass is 9.89. The van der Waals surface area contributed by atoms with Gasteiger partial charge < -0.3 is 5.32 Å². The lowest BCUT2D eigenvalue weighted by Gasteiger charge is -2.23. The van der Waals surface area contributed by atoms with Gasteiger partial charge in [-0.25, -0.2) is 0 Å². The zero-order valence-corrected chi connectivity index (χ0v) is 12.2. The largest absolute Gasteiger partial charge is 0.311 e. The molecule has 0 saturated carbocycles. The number of benzene rings is 1. The maximum absolute atomic E-state index is 6.11. The van der Waals surface area contributed by atoms with E-state index in [-0.39, 0.29) is 0 Å². The van der Waals surface area contributed by atoms with E-state index in [9.17, 15) is 0 Å². The molecule has 0 radical (unpaired) electrons. The van der Waals surface area contributed by atoms with E-state index >= 15 is 0 Å². The highest BCUT2D eigenvalue weighted by molar-refractivity contribution is 9.10. The molecule has 1 aliphatic rings.